The molecule has 0 atom stereocenters. The Morgan fingerprint density at radius 3 is 1.94 bits per heavy atom. The third kappa shape index (κ3) is 5.65. The van der Waals surface area contributed by atoms with Crippen LogP contribution in [-0.4, -0.2) is 28.6 Å². The van der Waals surface area contributed by atoms with Crippen LogP contribution in [0.4, 0.5) is 16.2 Å². The van der Waals surface area contributed by atoms with Crippen LogP contribution in [0.2, 0.25) is 5.02 Å². The summed E-state index contributed by atoms with van der Waals surface area (Å²) in [6.07, 6.45) is 0. The lowest BCUT2D eigenvalue weighted by atomic mass is 10.0. The van der Waals surface area contributed by atoms with Crippen LogP contribution in [0.25, 0.3) is 11.1 Å². The molecule has 3 rings (SSSR count). The number of benzene rings is 3. The lowest BCUT2D eigenvalue weighted by Gasteiger charge is -2.21. The Morgan fingerprint density at radius 2 is 1.38 bits per heavy atom. The topological polar surface area (TPSA) is 108 Å². The molecule has 0 saturated carbocycles. The number of carboxylic acid groups (broad SMARTS) is 1. The van der Waals surface area contributed by atoms with Crippen LogP contribution < -0.4 is 16.0 Å². The van der Waals surface area contributed by atoms with E-state index >= 15 is 0 Å². The van der Waals surface area contributed by atoms with Crippen molar-refractivity contribution in [2.45, 2.75) is 19.4 Å². The number of urea groups is 1. The number of carboxylic acids is 1. The lowest BCUT2D eigenvalue weighted by molar-refractivity contribution is -0.143. The van der Waals surface area contributed by atoms with Crippen molar-refractivity contribution in [2.24, 2.45) is 0 Å². The summed E-state index contributed by atoms with van der Waals surface area (Å²) < 4.78 is 0. The van der Waals surface area contributed by atoms with E-state index in [0.29, 0.717) is 22.0 Å². The molecule has 3 amide bonds. The van der Waals surface area contributed by atoms with Gasteiger partial charge in [-0.15, -0.1) is 0 Å². The van der Waals surface area contributed by atoms with E-state index in [0.717, 1.165) is 11.1 Å². The molecule has 8 heteroatoms. The molecule has 0 aliphatic heterocycles. The Kier molecular flexibility index (Phi) is 6.80. The monoisotopic (exact) mass is 451 g/mol. The van der Waals surface area contributed by atoms with Crippen molar-refractivity contribution >= 4 is 40.9 Å². The molecule has 0 aliphatic carbocycles. The fraction of sp³-hybridized carbons (Fsp3) is 0.125. The average Bonchev–Trinajstić information content (AvgIpc) is 2.75. The van der Waals surface area contributed by atoms with Crippen molar-refractivity contribution in [1.82, 2.24) is 5.32 Å². The van der Waals surface area contributed by atoms with Gasteiger partial charge >= 0.3 is 12.0 Å². The Hall–Kier alpha value is -3.84. The fourth-order valence-corrected chi connectivity index (χ4v) is 3.00. The second kappa shape index (κ2) is 9.53. The first-order chi connectivity index (χ1) is 15.2. The summed E-state index contributed by atoms with van der Waals surface area (Å²) in [7, 11) is 0. The third-order valence-electron chi connectivity index (χ3n) is 4.71. The number of halogens is 1. The van der Waals surface area contributed by atoms with E-state index in [1.807, 2.05) is 12.1 Å². The van der Waals surface area contributed by atoms with Gasteiger partial charge < -0.3 is 21.1 Å². The quantitative estimate of drug-likeness (QED) is 0.410. The molecule has 0 bridgehead atoms. The largest absolute Gasteiger partial charge is 0.480 e. The van der Waals surface area contributed by atoms with E-state index in [1.165, 1.54) is 13.8 Å². The molecule has 32 heavy (non-hydrogen) atoms. The van der Waals surface area contributed by atoms with Crippen molar-refractivity contribution in [2.75, 3.05) is 10.6 Å². The van der Waals surface area contributed by atoms with Crippen molar-refractivity contribution in [1.29, 1.82) is 0 Å². The summed E-state index contributed by atoms with van der Waals surface area (Å²) in [5, 5.41) is 17.5. The summed E-state index contributed by atoms with van der Waals surface area (Å²) in [5.74, 6) is -1.58. The summed E-state index contributed by atoms with van der Waals surface area (Å²) >= 11 is 6.04. The Bertz CT molecular complexity index is 1140. The summed E-state index contributed by atoms with van der Waals surface area (Å²) in [6, 6.07) is 20.5. The first kappa shape index (κ1) is 22.8. The number of carbonyl (C=O) groups is 3. The molecule has 0 spiro atoms. The maximum absolute atomic E-state index is 12.3. The minimum atomic E-state index is -1.36. The molecule has 7 nitrogen and oxygen atoms in total. The minimum absolute atomic E-state index is 0.359. The van der Waals surface area contributed by atoms with Crippen LogP contribution in [0.5, 0.6) is 0 Å². The van der Waals surface area contributed by atoms with Crippen molar-refractivity contribution < 1.29 is 19.5 Å². The fourth-order valence-electron chi connectivity index (χ4n) is 2.82. The predicted octanol–water partition coefficient (Wildman–Crippen LogP) is 5.24. The first-order valence-electron chi connectivity index (χ1n) is 9.75. The summed E-state index contributed by atoms with van der Waals surface area (Å²) in [4.78, 5) is 35.6. The molecule has 4 N–H and O–H groups in total. The van der Waals surface area contributed by atoms with E-state index in [9.17, 15) is 14.4 Å². The highest BCUT2D eigenvalue weighted by Crippen LogP contribution is 2.23. The average molecular weight is 452 g/mol. The van der Waals surface area contributed by atoms with Gasteiger partial charge in [0, 0.05) is 11.3 Å². The van der Waals surface area contributed by atoms with Gasteiger partial charge in [-0.05, 0) is 61.4 Å². The van der Waals surface area contributed by atoms with Gasteiger partial charge in [-0.25, -0.2) is 9.59 Å². The Labute approximate surface area is 190 Å². The highest BCUT2D eigenvalue weighted by molar-refractivity contribution is 6.33. The molecule has 0 fully saturated rings. The second-order valence-electron chi connectivity index (χ2n) is 7.60. The molecule has 3 aromatic carbocycles. The lowest BCUT2D eigenvalue weighted by Crippen LogP contribution is -2.49. The molecule has 0 aromatic heterocycles. The molecular formula is C24H22ClN3O4. The molecular weight excluding hydrogens is 430 g/mol. The van der Waals surface area contributed by atoms with Crippen LogP contribution in [0.15, 0.2) is 72.8 Å². The number of amides is 3. The van der Waals surface area contributed by atoms with Crippen LogP contribution in [-0.2, 0) is 4.79 Å². The number of nitrogens with one attached hydrogen (secondary N) is 3. The van der Waals surface area contributed by atoms with E-state index in [-0.39, 0.29) is 0 Å². The van der Waals surface area contributed by atoms with Crippen LogP contribution in [0.1, 0.15) is 24.2 Å². The minimum Gasteiger partial charge on any atom is -0.480 e. The number of aliphatic carboxylic acids is 1. The Balaban J connectivity index is 1.63. The number of carbonyl (C=O) groups excluding carboxylic acids is 2. The zero-order valence-electron chi connectivity index (χ0n) is 17.5. The van der Waals surface area contributed by atoms with E-state index in [1.54, 1.807) is 60.7 Å². The van der Waals surface area contributed by atoms with E-state index < -0.39 is 23.4 Å². The molecule has 164 valence electrons. The van der Waals surface area contributed by atoms with Crippen molar-refractivity contribution in [3.63, 3.8) is 0 Å². The van der Waals surface area contributed by atoms with Crippen LogP contribution in [0, 0.1) is 0 Å². The standard InChI is InChI=1S/C24H22ClN3O4/c1-24(2,22(30)31)28-21(29)17-9-7-15(8-10-17)16-11-13-18(14-12-16)26-23(32)27-20-6-4-3-5-19(20)25/h3-14H,1-2H3,(H,28,29)(H,30,31)(H2,26,27,32). The van der Waals surface area contributed by atoms with Gasteiger partial charge in [0.05, 0.1) is 10.7 Å². The van der Waals surface area contributed by atoms with Gasteiger partial charge in [-0.1, -0.05) is 48.0 Å². The van der Waals surface area contributed by atoms with Crippen molar-refractivity contribution in [3.05, 3.63) is 83.4 Å². The molecule has 0 unspecified atom stereocenters. The maximum Gasteiger partial charge on any atom is 0.328 e. The molecule has 0 saturated heterocycles. The summed E-state index contributed by atoms with van der Waals surface area (Å²) in [6.45, 7) is 2.85. The van der Waals surface area contributed by atoms with Gasteiger partial charge in [0.25, 0.3) is 5.91 Å². The normalized spacial score (nSPS) is 10.8. The first-order valence-corrected chi connectivity index (χ1v) is 10.1. The van der Waals surface area contributed by atoms with Gasteiger partial charge in [-0.3, -0.25) is 4.79 Å². The SMILES string of the molecule is CC(C)(NC(=O)c1ccc(-c2ccc(NC(=O)Nc3ccccc3Cl)cc2)cc1)C(=O)O. The Morgan fingerprint density at radius 1 is 0.812 bits per heavy atom. The number of anilines is 2. The van der Waals surface area contributed by atoms with Gasteiger partial charge in [0.15, 0.2) is 0 Å². The summed E-state index contributed by atoms with van der Waals surface area (Å²) in [5.41, 5.74) is 1.87. The highest BCUT2D eigenvalue weighted by atomic mass is 35.5. The van der Waals surface area contributed by atoms with Gasteiger partial charge in [0.2, 0.25) is 0 Å². The van der Waals surface area contributed by atoms with Crippen LogP contribution >= 0.6 is 11.6 Å². The van der Waals surface area contributed by atoms with Crippen molar-refractivity contribution in [3.8, 4) is 11.1 Å². The second-order valence-corrected chi connectivity index (χ2v) is 8.01. The number of hydrogen-bond acceptors (Lipinski definition) is 3. The molecule has 3 aromatic rings. The number of rotatable bonds is 6. The third-order valence-corrected chi connectivity index (χ3v) is 5.04. The highest BCUT2D eigenvalue weighted by Gasteiger charge is 2.29. The van der Waals surface area contributed by atoms with Gasteiger partial charge in [-0.2, -0.15) is 0 Å². The maximum atomic E-state index is 12.3. The zero-order chi connectivity index (χ0) is 23.3. The molecule has 0 heterocycles. The number of para-hydroxylation sites is 1. The molecule has 0 aliphatic rings. The molecule has 0 radical (unpaired) electrons. The zero-order valence-corrected chi connectivity index (χ0v) is 18.2. The smallest absolute Gasteiger partial charge is 0.328 e. The number of hydrogen-bond donors (Lipinski definition) is 4. The predicted molar refractivity (Wildman–Crippen MR) is 125 cm³/mol. The van der Waals surface area contributed by atoms with Gasteiger partial charge in [0.1, 0.15) is 5.54 Å². The van der Waals surface area contributed by atoms with E-state index in [2.05, 4.69) is 16.0 Å². The van der Waals surface area contributed by atoms with Crippen LogP contribution in [0.3, 0.4) is 0 Å². The van der Waals surface area contributed by atoms with E-state index in [4.69, 9.17) is 16.7 Å².